The highest BCUT2D eigenvalue weighted by atomic mass is 16.1. The number of H-pyrrole nitrogens is 1. The van der Waals surface area contributed by atoms with Crippen LogP contribution in [0, 0.1) is 5.92 Å². The SMILES string of the molecule is O=C(CCC1CCCC1)Nc1ccc(-c2cc3ccccc3[nH]2)cc1. The van der Waals surface area contributed by atoms with Crippen LogP contribution in [-0.4, -0.2) is 10.9 Å². The monoisotopic (exact) mass is 332 g/mol. The fourth-order valence-corrected chi connectivity index (χ4v) is 3.82. The van der Waals surface area contributed by atoms with Crippen LogP contribution in [0.5, 0.6) is 0 Å². The van der Waals surface area contributed by atoms with E-state index < -0.39 is 0 Å². The Morgan fingerprint density at radius 1 is 1.04 bits per heavy atom. The lowest BCUT2D eigenvalue weighted by Crippen LogP contribution is -2.12. The van der Waals surface area contributed by atoms with E-state index in [1.807, 2.05) is 24.3 Å². The minimum Gasteiger partial charge on any atom is -0.355 e. The van der Waals surface area contributed by atoms with Crippen molar-refractivity contribution in [3.05, 3.63) is 54.6 Å². The van der Waals surface area contributed by atoms with Gasteiger partial charge in [-0.25, -0.2) is 0 Å². The minimum atomic E-state index is 0.130. The predicted octanol–water partition coefficient (Wildman–Crippen LogP) is 5.74. The van der Waals surface area contributed by atoms with Gasteiger partial charge in [0.2, 0.25) is 5.91 Å². The Morgan fingerprint density at radius 2 is 1.80 bits per heavy atom. The third kappa shape index (κ3) is 3.76. The summed E-state index contributed by atoms with van der Waals surface area (Å²) in [5.74, 6) is 0.889. The molecule has 0 atom stereocenters. The Hall–Kier alpha value is -2.55. The van der Waals surface area contributed by atoms with Crippen LogP contribution in [0.3, 0.4) is 0 Å². The average molecular weight is 332 g/mol. The molecule has 0 unspecified atom stereocenters. The summed E-state index contributed by atoms with van der Waals surface area (Å²) in [5.41, 5.74) is 4.23. The second-order valence-electron chi connectivity index (χ2n) is 7.08. The van der Waals surface area contributed by atoms with Crippen molar-refractivity contribution in [2.45, 2.75) is 38.5 Å². The summed E-state index contributed by atoms with van der Waals surface area (Å²) in [6.07, 6.45) is 6.93. The van der Waals surface area contributed by atoms with E-state index in [0.717, 1.165) is 34.8 Å². The zero-order valence-corrected chi connectivity index (χ0v) is 14.4. The number of hydrogen-bond acceptors (Lipinski definition) is 1. The molecule has 0 saturated heterocycles. The van der Waals surface area contributed by atoms with E-state index in [1.54, 1.807) is 0 Å². The first-order valence-corrected chi connectivity index (χ1v) is 9.26. The Labute approximate surface area is 148 Å². The van der Waals surface area contributed by atoms with Crippen molar-refractivity contribution < 1.29 is 4.79 Å². The summed E-state index contributed by atoms with van der Waals surface area (Å²) < 4.78 is 0. The lowest BCUT2D eigenvalue weighted by Gasteiger charge is -2.09. The van der Waals surface area contributed by atoms with Crippen LogP contribution in [0.25, 0.3) is 22.2 Å². The van der Waals surface area contributed by atoms with Gasteiger partial charge in [-0.05, 0) is 42.2 Å². The van der Waals surface area contributed by atoms with E-state index in [9.17, 15) is 4.79 Å². The van der Waals surface area contributed by atoms with Gasteiger partial charge in [0.1, 0.15) is 0 Å². The summed E-state index contributed by atoms with van der Waals surface area (Å²) >= 11 is 0. The van der Waals surface area contributed by atoms with Crippen LogP contribution in [-0.2, 0) is 4.79 Å². The van der Waals surface area contributed by atoms with Gasteiger partial charge in [0.25, 0.3) is 0 Å². The first-order valence-electron chi connectivity index (χ1n) is 9.26. The Bertz CT molecular complexity index is 824. The summed E-state index contributed by atoms with van der Waals surface area (Å²) in [5, 5.41) is 4.23. The molecule has 3 aromatic rings. The molecule has 2 aromatic carbocycles. The van der Waals surface area contributed by atoms with Gasteiger partial charge < -0.3 is 10.3 Å². The third-order valence-electron chi connectivity index (χ3n) is 5.26. The Morgan fingerprint density at radius 3 is 2.56 bits per heavy atom. The number of fused-ring (bicyclic) bond motifs is 1. The van der Waals surface area contributed by atoms with Crippen molar-refractivity contribution in [3.63, 3.8) is 0 Å². The van der Waals surface area contributed by atoms with Gasteiger partial charge in [-0.1, -0.05) is 56.0 Å². The molecule has 3 heteroatoms. The normalized spacial score (nSPS) is 14.9. The lowest BCUT2D eigenvalue weighted by atomic mass is 10.0. The summed E-state index contributed by atoms with van der Waals surface area (Å²) in [7, 11) is 0. The quantitative estimate of drug-likeness (QED) is 0.614. The van der Waals surface area contributed by atoms with E-state index in [1.165, 1.54) is 31.1 Å². The Kier molecular flexibility index (Phi) is 4.55. The predicted molar refractivity (Wildman–Crippen MR) is 104 cm³/mol. The highest BCUT2D eigenvalue weighted by Crippen LogP contribution is 2.29. The number of hydrogen-bond donors (Lipinski definition) is 2. The first-order chi connectivity index (χ1) is 12.3. The van der Waals surface area contributed by atoms with Gasteiger partial charge in [0.15, 0.2) is 0 Å². The topological polar surface area (TPSA) is 44.9 Å². The van der Waals surface area contributed by atoms with E-state index >= 15 is 0 Å². The lowest BCUT2D eigenvalue weighted by molar-refractivity contribution is -0.116. The highest BCUT2D eigenvalue weighted by Gasteiger charge is 2.16. The van der Waals surface area contributed by atoms with Crippen LogP contribution in [0.4, 0.5) is 5.69 Å². The van der Waals surface area contributed by atoms with E-state index in [-0.39, 0.29) is 5.91 Å². The van der Waals surface area contributed by atoms with Crippen LogP contribution >= 0.6 is 0 Å². The summed E-state index contributed by atoms with van der Waals surface area (Å²) in [6.45, 7) is 0. The largest absolute Gasteiger partial charge is 0.355 e. The number of para-hydroxylation sites is 1. The van der Waals surface area contributed by atoms with Crippen LogP contribution in [0.15, 0.2) is 54.6 Å². The smallest absolute Gasteiger partial charge is 0.224 e. The number of carbonyl (C=O) groups excluding carboxylic acids is 1. The molecule has 1 saturated carbocycles. The molecule has 1 heterocycles. The maximum Gasteiger partial charge on any atom is 0.224 e. The number of amides is 1. The fourth-order valence-electron chi connectivity index (χ4n) is 3.82. The van der Waals surface area contributed by atoms with Crippen LogP contribution < -0.4 is 5.32 Å². The molecule has 1 aliphatic rings. The molecular weight excluding hydrogens is 308 g/mol. The van der Waals surface area contributed by atoms with E-state index in [0.29, 0.717) is 6.42 Å². The number of benzene rings is 2. The summed E-state index contributed by atoms with van der Waals surface area (Å²) in [4.78, 5) is 15.6. The molecule has 0 bridgehead atoms. The molecule has 0 radical (unpaired) electrons. The molecular formula is C22H24N2O. The number of rotatable bonds is 5. The average Bonchev–Trinajstić information content (AvgIpc) is 3.30. The molecule has 3 nitrogen and oxygen atoms in total. The fraction of sp³-hybridized carbons (Fsp3) is 0.318. The molecule has 25 heavy (non-hydrogen) atoms. The van der Waals surface area contributed by atoms with E-state index in [2.05, 4.69) is 40.6 Å². The third-order valence-corrected chi connectivity index (χ3v) is 5.26. The van der Waals surface area contributed by atoms with Gasteiger partial charge in [0, 0.05) is 28.7 Å². The zero-order chi connectivity index (χ0) is 17.1. The highest BCUT2D eigenvalue weighted by molar-refractivity contribution is 5.91. The molecule has 0 aliphatic heterocycles. The van der Waals surface area contributed by atoms with Crippen molar-refractivity contribution in [2.24, 2.45) is 5.92 Å². The molecule has 1 fully saturated rings. The van der Waals surface area contributed by atoms with E-state index in [4.69, 9.17) is 0 Å². The molecule has 2 N–H and O–H groups in total. The number of aromatic amines is 1. The second-order valence-corrected chi connectivity index (χ2v) is 7.08. The molecule has 1 amide bonds. The number of nitrogens with one attached hydrogen (secondary N) is 2. The summed E-state index contributed by atoms with van der Waals surface area (Å²) in [6, 6.07) is 18.5. The van der Waals surface area contributed by atoms with Crippen molar-refractivity contribution in [1.82, 2.24) is 4.98 Å². The van der Waals surface area contributed by atoms with Crippen LogP contribution in [0.1, 0.15) is 38.5 Å². The Balaban J connectivity index is 1.38. The van der Waals surface area contributed by atoms with Crippen molar-refractivity contribution in [3.8, 4) is 11.3 Å². The molecule has 1 aromatic heterocycles. The zero-order valence-electron chi connectivity index (χ0n) is 14.4. The van der Waals surface area contributed by atoms with Crippen molar-refractivity contribution >= 4 is 22.5 Å². The van der Waals surface area contributed by atoms with Gasteiger partial charge in [-0.3, -0.25) is 4.79 Å². The molecule has 0 spiro atoms. The minimum absolute atomic E-state index is 0.130. The van der Waals surface area contributed by atoms with Crippen LogP contribution in [0.2, 0.25) is 0 Å². The standard InChI is InChI=1S/C22H24N2O/c25-22(14-9-16-5-1-2-6-16)23-19-12-10-17(11-13-19)21-15-18-7-3-4-8-20(18)24-21/h3-4,7-8,10-13,15-16,24H,1-2,5-6,9,14H2,(H,23,25). The molecule has 4 rings (SSSR count). The maximum absolute atomic E-state index is 12.1. The van der Waals surface area contributed by atoms with Crippen molar-refractivity contribution in [2.75, 3.05) is 5.32 Å². The van der Waals surface area contributed by atoms with Crippen molar-refractivity contribution in [1.29, 1.82) is 0 Å². The van der Waals surface area contributed by atoms with Gasteiger partial charge in [0.05, 0.1) is 0 Å². The molecule has 1 aliphatic carbocycles. The van der Waals surface area contributed by atoms with Gasteiger partial charge in [-0.15, -0.1) is 0 Å². The number of carbonyl (C=O) groups is 1. The molecule has 128 valence electrons. The first kappa shape index (κ1) is 15.9. The van der Waals surface area contributed by atoms with Gasteiger partial charge in [-0.2, -0.15) is 0 Å². The second kappa shape index (κ2) is 7.14. The van der Waals surface area contributed by atoms with Gasteiger partial charge >= 0.3 is 0 Å². The number of aromatic nitrogens is 1. The number of anilines is 1. The maximum atomic E-state index is 12.1.